The van der Waals surface area contributed by atoms with E-state index in [0.717, 1.165) is 32.6 Å². The second-order valence-corrected chi connectivity index (χ2v) is 5.43. The summed E-state index contributed by atoms with van der Waals surface area (Å²) in [6.07, 6.45) is 1.13. The Hall–Kier alpha value is -1.75. The number of hydrogen-bond acceptors (Lipinski definition) is 4. The van der Waals surface area contributed by atoms with Gasteiger partial charge < -0.3 is 14.7 Å². The van der Waals surface area contributed by atoms with E-state index in [1.165, 1.54) is 0 Å². The number of aromatic hydroxyl groups is 1. The molecule has 1 heterocycles. The van der Waals surface area contributed by atoms with E-state index in [4.69, 9.17) is 4.74 Å². The number of nitrogens with zero attached hydrogens (tertiary/aromatic N) is 2. The zero-order valence-corrected chi connectivity index (χ0v) is 12.8. The van der Waals surface area contributed by atoms with Crippen LogP contribution in [0.3, 0.4) is 0 Å². The summed E-state index contributed by atoms with van der Waals surface area (Å²) in [5.74, 6) is 0.387. The van der Waals surface area contributed by atoms with Gasteiger partial charge in [-0.2, -0.15) is 0 Å². The van der Waals surface area contributed by atoms with Gasteiger partial charge in [0.05, 0.1) is 0 Å². The van der Waals surface area contributed by atoms with Gasteiger partial charge in [-0.05, 0) is 25.5 Å². The molecule has 1 aliphatic heterocycles. The fourth-order valence-corrected chi connectivity index (χ4v) is 2.48. The Morgan fingerprint density at radius 3 is 2.57 bits per heavy atom. The van der Waals surface area contributed by atoms with Crippen molar-refractivity contribution in [2.24, 2.45) is 0 Å². The maximum atomic E-state index is 12.1. The molecule has 1 N–H and O–H groups in total. The van der Waals surface area contributed by atoms with Crippen molar-refractivity contribution < 1.29 is 14.6 Å². The standard InChI is InChI=1S/C16H24N2O3/c1-3-13(2)17-8-10-18(11-9-17)16(20)12-21-15-7-5-4-6-14(15)19/h4-7,13,19H,3,8-12H2,1-2H3. The molecule has 1 atom stereocenters. The number of phenols is 1. The third-order valence-electron chi connectivity index (χ3n) is 4.10. The van der Waals surface area contributed by atoms with Crippen LogP contribution in [-0.4, -0.2) is 59.6 Å². The molecule has 1 unspecified atom stereocenters. The first-order chi connectivity index (χ1) is 10.1. The molecular formula is C16H24N2O3. The van der Waals surface area contributed by atoms with Crippen LogP contribution in [0.1, 0.15) is 20.3 Å². The fourth-order valence-electron chi connectivity index (χ4n) is 2.48. The quantitative estimate of drug-likeness (QED) is 0.898. The number of amides is 1. The third-order valence-corrected chi connectivity index (χ3v) is 4.10. The maximum Gasteiger partial charge on any atom is 0.260 e. The normalized spacial score (nSPS) is 17.5. The summed E-state index contributed by atoms with van der Waals surface area (Å²) in [5.41, 5.74) is 0. The van der Waals surface area contributed by atoms with E-state index < -0.39 is 0 Å². The minimum atomic E-state index is -0.0269. The lowest BCUT2D eigenvalue weighted by Crippen LogP contribution is -2.52. The Morgan fingerprint density at radius 1 is 1.29 bits per heavy atom. The van der Waals surface area contributed by atoms with Crippen molar-refractivity contribution in [2.45, 2.75) is 26.3 Å². The summed E-state index contributed by atoms with van der Waals surface area (Å²) in [6.45, 7) is 7.69. The number of carbonyl (C=O) groups is 1. The Kier molecular flexibility index (Phi) is 5.44. The van der Waals surface area contributed by atoms with Gasteiger partial charge >= 0.3 is 0 Å². The van der Waals surface area contributed by atoms with Gasteiger partial charge in [-0.1, -0.05) is 19.1 Å². The number of phenolic OH excluding ortho intramolecular Hbond substituents is 1. The van der Waals surface area contributed by atoms with Crippen LogP contribution in [0.2, 0.25) is 0 Å². The molecule has 1 aromatic carbocycles. The SMILES string of the molecule is CCC(C)N1CCN(C(=O)COc2ccccc2O)CC1. The number of hydrogen-bond donors (Lipinski definition) is 1. The molecule has 116 valence electrons. The van der Waals surface area contributed by atoms with Crippen molar-refractivity contribution in [3.8, 4) is 11.5 Å². The summed E-state index contributed by atoms with van der Waals surface area (Å²) in [4.78, 5) is 16.4. The lowest BCUT2D eigenvalue weighted by molar-refractivity contribution is -0.135. The van der Waals surface area contributed by atoms with Gasteiger partial charge in [0.25, 0.3) is 5.91 Å². The highest BCUT2D eigenvalue weighted by Crippen LogP contribution is 2.24. The molecule has 1 amide bonds. The van der Waals surface area contributed by atoms with Crippen LogP contribution in [0.25, 0.3) is 0 Å². The number of carbonyl (C=O) groups excluding carboxylic acids is 1. The molecule has 2 rings (SSSR count). The smallest absolute Gasteiger partial charge is 0.260 e. The molecule has 0 aromatic heterocycles. The largest absolute Gasteiger partial charge is 0.504 e. The number of benzene rings is 1. The molecule has 1 aromatic rings. The summed E-state index contributed by atoms with van der Waals surface area (Å²) in [5, 5.41) is 9.60. The average Bonchev–Trinajstić information content (AvgIpc) is 2.53. The molecular weight excluding hydrogens is 268 g/mol. The second kappa shape index (κ2) is 7.31. The summed E-state index contributed by atoms with van der Waals surface area (Å²) < 4.78 is 5.39. The molecule has 0 aliphatic carbocycles. The molecule has 1 saturated heterocycles. The lowest BCUT2D eigenvalue weighted by atomic mass is 10.2. The first kappa shape index (κ1) is 15.6. The minimum absolute atomic E-state index is 0.0259. The van der Waals surface area contributed by atoms with E-state index in [1.807, 2.05) is 4.90 Å². The highest BCUT2D eigenvalue weighted by atomic mass is 16.5. The maximum absolute atomic E-state index is 12.1. The Morgan fingerprint density at radius 2 is 1.95 bits per heavy atom. The highest BCUT2D eigenvalue weighted by molar-refractivity contribution is 5.78. The van der Waals surface area contributed by atoms with Gasteiger partial charge in [0, 0.05) is 32.2 Å². The molecule has 0 bridgehead atoms. The predicted molar refractivity (Wildman–Crippen MR) is 81.5 cm³/mol. The van der Waals surface area contributed by atoms with Crippen molar-refractivity contribution in [1.29, 1.82) is 0 Å². The topological polar surface area (TPSA) is 53.0 Å². The van der Waals surface area contributed by atoms with Crippen molar-refractivity contribution in [3.63, 3.8) is 0 Å². The van der Waals surface area contributed by atoms with Gasteiger partial charge in [0.1, 0.15) is 0 Å². The van der Waals surface area contributed by atoms with Crippen molar-refractivity contribution in [3.05, 3.63) is 24.3 Å². The van der Waals surface area contributed by atoms with E-state index in [0.29, 0.717) is 11.8 Å². The highest BCUT2D eigenvalue weighted by Gasteiger charge is 2.23. The third kappa shape index (κ3) is 4.11. The van der Waals surface area contributed by atoms with Crippen LogP contribution in [0, 0.1) is 0 Å². The van der Waals surface area contributed by atoms with Crippen LogP contribution in [0.4, 0.5) is 0 Å². The number of piperazine rings is 1. The summed E-state index contributed by atoms with van der Waals surface area (Å²) in [7, 11) is 0. The van der Waals surface area contributed by atoms with Crippen LogP contribution in [-0.2, 0) is 4.79 Å². The van der Waals surface area contributed by atoms with Gasteiger partial charge in [-0.3, -0.25) is 9.69 Å². The molecule has 0 radical (unpaired) electrons. The first-order valence-electron chi connectivity index (χ1n) is 7.54. The summed E-state index contributed by atoms with van der Waals surface area (Å²) >= 11 is 0. The molecule has 1 fully saturated rings. The van der Waals surface area contributed by atoms with Crippen LogP contribution >= 0.6 is 0 Å². The molecule has 5 heteroatoms. The van der Waals surface area contributed by atoms with E-state index in [9.17, 15) is 9.90 Å². The zero-order chi connectivity index (χ0) is 15.2. The van der Waals surface area contributed by atoms with Crippen LogP contribution in [0.5, 0.6) is 11.5 Å². The van der Waals surface area contributed by atoms with Crippen LogP contribution < -0.4 is 4.74 Å². The van der Waals surface area contributed by atoms with Gasteiger partial charge in [0.2, 0.25) is 0 Å². The van der Waals surface area contributed by atoms with Gasteiger partial charge in [0.15, 0.2) is 18.1 Å². The summed E-state index contributed by atoms with van der Waals surface area (Å²) in [6, 6.07) is 7.26. The molecule has 21 heavy (non-hydrogen) atoms. The second-order valence-electron chi connectivity index (χ2n) is 5.43. The van der Waals surface area contributed by atoms with Crippen molar-refractivity contribution in [1.82, 2.24) is 9.80 Å². The number of rotatable bonds is 5. The fraction of sp³-hybridized carbons (Fsp3) is 0.562. The first-order valence-corrected chi connectivity index (χ1v) is 7.54. The molecule has 1 aliphatic rings. The van der Waals surface area contributed by atoms with Crippen molar-refractivity contribution in [2.75, 3.05) is 32.8 Å². The Balaban J connectivity index is 1.79. The predicted octanol–water partition coefficient (Wildman–Crippen LogP) is 1.71. The average molecular weight is 292 g/mol. The Labute approximate surface area is 126 Å². The van der Waals surface area contributed by atoms with E-state index in [-0.39, 0.29) is 18.3 Å². The van der Waals surface area contributed by atoms with Crippen molar-refractivity contribution >= 4 is 5.91 Å². The lowest BCUT2D eigenvalue weighted by Gasteiger charge is -2.37. The van der Waals surface area contributed by atoms with E-state index >= 15 is 0 Å². The van der Waals surface area contributed by atoms with Crippen LogP contribution in [0.15, 0.2) is 24.3 Å². The van der Waals surface area contributed by atoms with Gasteiger partial charge in [-0.25, -0.2) is 0 Å². The molecule has 0 saturated carbocycles. The minimum Gasteiger partial charge on any atom is -0.504 e. The van der Waals surface area contributed by atoms with E-state index in [1.54, 1.807) is 24.3 Å². The molecule has 0 spiro atoms. The van der Waals surface area contributed by atoms with E-state index in [2.05, 4.69) is 18.7 Å². The molecule has 5 nitrogen and oxygen atoms in total. The van der Waals surface area contributed by atoms with Gasteiger partial charge in [-0.15, -0.1) is 0 Å². The number of para-hydroxylation sites is 2. The Bertz CT molecular complexity index is 470. The zero-order valence-electron chi connectivity index (χ0n) is 12.8. The number of ether oxygens (including phenoxy) is 1. The monoisotopic (exact) mass is 292 g/mol.